The third kappa shape index (κ3) is 2.88. The summed E-state index contributed by atoms with van der Waals surface area (Å²) in [5.74, 6) is 0.773. The number of hydrogen-bond donors (Lipinski definition) is 1. The molecule has 0 spiro atoms. The predicted octanol–water partition coefficient (Wildman–Crippen LogP) is 0.356. The van der Waals surface area contributed by atoms with Gasteiger partial charge in [0.2, 0.25) is 11.9 Å². The van der Waals surface area contributed by atoms with E-state index in [9.17, 15) is 4.79 Å². The molecule has 0 fully saturated rings. The van der Waals surface area contributed by atoms with Crippen molar-refractivity contribution in [1.29, 1.82) is 0 Å². The molecule has 0 atom stereocenters. The minimum absolute atomic E-state index is 0.0709. The third-order valence-corrected chi connectivity index (χ3v) is 3.37. The van der Waals surface area contributed by atoms with Gasteiger partial charge in [-0.15, -0.1) is 10.2 Å². The van der Waals surface area contributed by atoms with Crippen LogP contribution >= 0.6 is 11.8 Å². The first kappa shape index (κ1) is 12.8. The molecule has 0 saturated carbocycles. The molecule has 0 aliphatic heterocycles. The van der Waals surface area contributed by atoms with Crippen LogP contribution in [0.4, 0.5) is 5.95 Å². The monoisotopic (exact) mass is 243 g/mol. The highest BCUT2D eigenvalue weighted by Gasteiger charge is 2.14. The molecule has 0 unspecified atom stereocenters. The second kappa shape index (κ2) is 5.20. The fourth-order valence-electron chi connectivity index (χ4n) is 0.968. The Kier molecular flexibility index (Phi) is 4.17. The number of nitrogens with two attached hydrogens (primary N) is 1. The van der Waals surface area contributed by atoms with Gasteiger partial charge in [-0.2, -0.15) is 0 Å². The summed E-state index contributed by atoms with van der Waals surface area (Å²) in [5.41, 5.74) is 5.54. The highest BCUT2D eigenvalue weighted by atomic mass is 32.2. The van der Waals surface area contributed by atoms with Crippen molar-refractivity contribution in [2.24, 2.45) is 7.05 Å². The van der Waals surface area contributed by atoms with Crippen LogP contribution in [0, 0.1) is 0 Å². The van der Waals surface area contributed by atoms with Crippen LogP contribution < -0.4 is 5.73 Å². The highest BCUT2D eigenvalue weighted by molar-refractivity contribution is 7.99. The summed E-state index contributed by atoms with van der Waals surface area (Å²) >= 11 is 1.34. The molecule has 0 aromatic carbocycles. The lowest BCUT2D eigenvalue weighted by Crippen LogP contribution is -2.34. The molecule has 1 heterocycles. The van der Waals surface area contributed by atoms with Gasteiger partial charge in [-0.1, -0.05) is 11.8 Å². The second-order valence-electron chi connectivity index (χ2n) is 3.79. The van der Waals surface area contributed by atoms with Crippen molar-refractivity contribution in [3.8, 4) is 0 Å². The molecule has 1 aromatic rings. The van der Waals surface area contributed by atoms with E-state index in [0.29, 0.717) is 16.9 Å². The molecular weight excluding hydrogens is 226 g/mol. The van der Waals surface area contributed by atoms with E-state index in [2.05, 4.69) is 10.2 Å². The summed E-state index contributed by atoms with van der Waals surface area (Å²) in [7, 11) is 3.56. The molecular formula is C9H17N5OS. The van der Waals surface area contributed by atoms with E-state index in [-0.39, 0.29) is 11.9 Å². The van der Waals surface area contributed by atoms with Crippen molar-refractivity contribution in [1.82, 2.24) is 19.7 Å². The van der Waals surface area contributed by atoms with Crippen LogP contribution in [-0.4, -0.2) is 44.4 Å². The molecule has 2 N–H and O–H groups in total. The summed E-state index contributed by atoms with van der Waals surface area (Å²) in [6.45, 7) is 3.95. The van der Waals surface area contributed by atoms with E-state index < -0.39 is 0 Å². The molecule has 6 nitrogen and oxygen atoms in total. The number of nitrogens with zero attached hydrogens (tertiary/aromatic N) is 4. The fourth-order valence-corrected chi connectivity index (χ4v) is 1.81. The minimum atomic E-state index is 0.0709. The highest BCUT2D eigenvalue weighted by Crippen LogP contribution is 2.16. The number of aromatic nitrogens is 3. The van der Waals surface area contributed by atoms with Gasteiger partial charge in [0.05, 0.1) is 5.75 Å². The summed E-state index contributed by atoms with van der Waals surface area (Å²) in [4.78, 5) is 13.4. The van der Waals surface area contributed by atoms with E-state index in [1.165, 1.54) is 11.8 Å². The van der Waals surface area contributed by atoms with Gasteiger partial charge >= 0.3 is 0 Å². The smallest absolute Gasteiger partial charge is 0.233 e. The van der Waals surface area contributed by atoms with Gasteiger partial charge in [0.15, 0.2) is 5.16 Å². The Morgan fingerprint density at radius 3 is 2.62 bits per heavy atom. The Labute approximate surface area is 99.2 Å². The Morgan fingerprint density at radius 1 is 1.56 bits per heavy atom. The standard InChI is InChI=1S/C9H17N5OS/c1-6(2)13(3)7(15)5-16-9-12-11-8(10)14(9)4/h6H,5H2,1-4H3,(H2,10,11). The molecule has 0 aliphatic rings. The zero-order valence-electron chi connectivity index (χ0n) is 9.97. The Bertz CT molecular complexity index is 376. The Morgan fingerprint density at radius 2 is 2.19 bits per heavy atom. The molecule has 0 radical (unpaired) electrons. The maximum absolute atomic E-state index is 11.7. The molecule has 1 aromatic heterocycles. The summed E-state index contributed by atoms with van der Waals surface area (Å²) in [5, 5.41) is 8.25. The second-order valence-corrected chi connectivity index (χ2v) is 4.73. The minimum Gasteiger partial charge on any atom is -0.368 e. The molecule has 16 heavy (non-hydrogen) atoms. The van der Waals surface area contributed by atoms with Crippen molar-refractivity contribution in [2.45, 2.75) is 25.0 Å². The molecule has 1 rings (SSSR count). The number of carbonyl (C=O) groups excluding carboxylic acids is 1. The molecule has 90 valence electrons. The van der Waals surface area contributed by atoms with Gasteiger partial charge in [-0.3, -0.25) is 9.36 Å². The number of thioether (sulfide) groups is 1. The van der Waals surface area contributed by atoms with E-state index in [4.69, 9.17) is 5.73 Å². The summed E-state index contributed by atoms with van der Waals surface area (Å²) in [6, 6.07) is 0.206. The van der Waals surface area contributed by atoms with Crippen molar-refractivity contribution < 1.29 is 4.79 Å². The lowest BCUT2D eigenvalue weighted by molar-refractivity contribution is -0.128. The maximum atomic E-state index is 11.7. The van der Waals surface area contributed by atoms with E-state index in [1.807, 2.05) is 13.8 Å². The van der Waals surface area contributed by atoms with Gasteiger partial charge < -0.3 is 10.6 Å². The molecule has 0 bridgehead atoms. The summed E-state index contributed by atoms with van der Waals surface area (Å²) < 4.78 is 1.66. The van der Waals surface area contributed by atoms with Crippen molar-refractivity contribution >= 4 is 23.6 Å². The van der Waals surface area contributed by atoms with Gasteiger partial charge in [0, 0.05) is 20.1 Å². The van der Waals surface area contributed by atoms with Gasteiger partial charge in [-0.25, -0.2) is 0 Å². The SMILES string of the molecule is CC(C)N(C)C(=O)CSc1nnc(N)n1C. The van der Waals surface area contributed by atoms with Crippen LogP contribution in [0.15, 0.2) is 5.16 Å². The molecule has 7 heteroatoms. The number of hydrogen-bond acceptors (Lipinski definition) is 5. The molecule has 0 aliphatic carbocycles. The lowest BCUT2D eigenvalue weighted by atomic mass is 10.3. The van der Waals surface area contributed by atoms with Gasteiger partial charge in [0.1, 0.15) is 0 Å². The zero-order valence-corrected chi connectivity index (χ0v) is 10.8. The predicted molar refractivity (Wildman–Crippen MR) is 64.0 cm³/mol. The van der Waals surface area contributed by atoms with E-state index >= 15 is 0 Å². The number of carbonyl (C=O) groups is 1. The Balaban J connectivity index is 2.52. The average Bonchev–Trinajstić information content (AvgIpc) is 2.55. The van der Waals surface area contributed by atoms with Crippen LogP contribution in [0.1, 0.15) is 13.8 Å². The first-order valence-electron chi connectivity index (χ1n) is 4.96. The zero-order chi connectivity index (χ0) is 12.3. The van der Waals surface area contributed by atoms with Crippen LogP contribution in [0.2, 0.25) is 0 Å². The molecule has 1 amide bonds. The van der Waals surface area contributed by atoms with Gasteiger partial charge in [-0.05, 0) is 13.8 Å². The number of nitrogen functional groups attached to an aromatic ring is 1. The fraction of sp³-hybridized carbons (Fsp3) is 0.667. The normalized spacial score (nSPS) is 10.8. The maximum Gasteiger partial charge on any atom is 0.233 e. The van der Waals surface area contributed by atoms with E-state index in [0.717, 1.165) is 0 Å². The van der Waals surface area contributed by atoms with Gasteiger partial charge in [0.25, 0.3) is 0 Å². The van der Waals surface area contributed by atoms with Crippen LogP contribution in [0.25, 0.3) is 0 Å². The molecule has 0 saturated heterocycles. The van der Waals surface area contributed by atoms with Crippen LogP contribution in [-0.2, 0) is 11.8 Å². The number of anilines is 1. The van der Waals surface area contributed by atoms with Crippen LogP contribution in [0.5, 0.6) is 0 Å². The lowest BCUT2D eigenvalue weighted by Gasteiger charge is -2.20. The average molecular weight is 243 g/mol. The largest absolute Gasteiger partial charge is 0.368 e. The van der Waals surface area contributed by atoms with Crippen molar-refractivity contribution in [3.63, 3.8) is 0 Å². The first-order chi connectivity index (χ1) is 7.43. The summed E-state index contributed by atoms with van der Waals surface area (Å²) in [6.07, 6.45) is 0. The van der Waals surface area contributed by atoms with Crippen molar-refractivity contribution in [2.75, 3.05) is 18.5 Å². The third-order valence-electron chi connectivity index (χ3n) is 2.36. The van der Waals surface area contributed by atoms with Crippen molar-refractivity contribution in [3.05, 3.63) is 0 Å². The number of amides is 1. The first-order valence-corrected chi connectivity index (χ1v) is 5.95. The number of rotatable bonds is 4. The Hall–Kier alpha value is -1.24. The topological polar surface area (TPSA) is 77.0 Å². The quantitative estimate of drug-likeness (QED) is 0.772. The van der Waals surface area contributed by atoms with Crippen LogP contribution in [0.3, 0.4) is 0 Å². The van der Waals surface area contributed by atoms with E-state index in [1.54, 1.807) is 23.6 Å².